The first-order valence-electron chi connectivity index (χ1n) is 6.51. The van der Waals surface area contributed by atoms with Gasteiger partial charge in [-0.15, -0.1) is 0 Å². The molecule has 0 saturated carbocycles. The molecule has 0 aromatic heterocycles. The molecule has 0 fully saturated rings. The maximum absolute atomic E-state index is 11.8. The fourth-order valence-corrected chi connectivity index (χ4v) is 1.66. The number of hydrogen-bond acceptors (Lipinski definition) is 2. The predicted octanol–water partition coefficient (Wildman–Crippen LogP) is 2.83. The molecule has 0 spiro atoms. The number of anilines is 1. The molecule has 106 valence electrons. The Hall–Kier alpha value is -1.55. The minimum Gasteiger partial charge on any atom is -0.391 e. The summed E-state index contributed by atoms with van der Waals surface area (Å²) in [4.78, 5) is 11.8. The molecule has 2 amide bonds. The van der Waals surface area contributed by atoms with Crippen molar-refractivity contribution in [3.05, 3.63) is 29.3 Å². The molecular weight excluding hydrogens is 240 g/mol. The smallest absolute Gasteiger partial charge is 0.319 e. The van der Waals surface area contributed by atoms with E-state index in [1.807, 2.05) is 52.8 Å². The van der Waals surface area contributed by atoms with Crippen LogP contribution in [-0.2, 0) is 0 Å². The van der Waals surface area contributed by atoms with Gasteiger partial charge in [0.15, 0.2) is 0 Å². The number of carbonyl (C=O) groups is 1. The normalized spacial score (nSPS) is 12.9. The lowest BCUT2D eigenvalue weighted by molar-refractivity contribution is 0.0654. The van der Waals surface area contributed by atoms with Crippen LogP contribution in [0.5, 0.6) is 0 Å². The van der Waals surface area contributed by atoms with Gasteiger partial charge in [0.1, 0.15) is 0 Å². The zero-order valence-electron chi connectivity index (χ0n) is 12.4. The van der Waals surface area contributed by atoms with E-state index < -0.39 is 6.10 Å². The van der Waals surface area contributed by atoms with Crippen LogP contribution in [0.2, 0.25) is 0 Å². The summed E-state index contributed by atoms with van der Waals surface area (Å²) in [5.74, 6) is 0. The van der Waals surface area contributed by atoms with E-state index in [-0.39, 0.29) is 18.0 Å². The quantitative estimate of drug-likeness (QED) is 0.786. The second-order valence-corrected chi connectivity index (χ2v) is 5.98. The highest BCUT2D eigenvalue weighted by atomic mass is 16.3. The standard InChI is InChI=1S/C15H24N2O2/c1-10-7-6-8-11(2)13(10)17-14(19)16-9-12(18)15(3,4)5/h6-8,12,18H,9H2,1-5H3,(H2,16,17,19). The van der Waals surface area contributed by atoms with Crippen molar-refractivity contribution in [3.8, 4) is 0 Å². The molecular formula is C15H24N2O2. The molecule has 1 aromatic carbocycles. The number of aliphatic hydroxyl groups is 1. The first-order valence-corrected chi connectivity index (χ1v) is 6.51. The van der Waals surface area contributed by atoms with Gasteiger partial charge in [-0.25, -0.2) is 4.79 Å². The Morgan fingerprint density at radius 2 is 1.79 bits per heavy atom. The lowest BCUT2D eigenvalue weighted by Gasteiger charge is -2.26. The topological polar surface area (TPSA) is 61.4 Å². The maximum atomic E-state index is 11.8. The molecule has 0 bridgehead atoms. The summed E-state index contributed by atoms with van der Waals surface area (Å²) < 4.78 is 0. The third kappa shape index (κ3) is 4.56. The molecule has 1 atom stereocenters. The second kappa shape index (κ2) is 6.06. The third-order valence-corrected chi connectivity index (χ3v) is 3.18. The number of urea groups is 1. The number of aryl methyl sites for hydroxylation is 2. The van der Waals surface area contributed by atoms with Crippen molar-refractivity contribution >= 4 is 11.7 Å². The van der Waals surface area contributed by atoms with Crippen LogP contribution in [0.4, 0.5) is 10.5 Å². The SMILES string of the molecule is Cc1cccc(C)c1NC(=O)NCC(O)C(C)(C)C. The summed E-state index contributed by atoms with van der Waals surface area (Å²) in [6.07, 6.45) is -0.573. The summed E-state index contributed by atoms with van der Waals surface area (Å²) in [7, 11) is 0. The fraction of sp³-hybridized carbons (Fsp3) is 0.533. The molecule has 0 heterocycles. The van der Waals surface area contributed by atoms with Gasteiger partial charge in [-0.2, -0.15) is 0 Å². The van der Waals surface area contributed by atoms with Crippen LogP contribution in [0.1, 0.15) is 31.9 Å². The van der Waals surface area contributed by atoms with Gasteiger partial charge in [-0.05, 0) is 30.4 Å². The van der Waals surface area contributed by atoms with Crippen LogP contribution in [0, 0.1) is 19.3 Å². The summed E-state index contributed by atoms with van der Waals surface area (Å²) in [6.45, 7) is 9.94. The van der Waals surface area contributed by atoms with E-state index in [9.17, 15) is 9.90 Å². The largest absolute Gasteiger partial charge is 0.391 e. The molecule has 0 saturated heterocycles. The van der Waals surface area contributed by atoms with Gasteiger partial charge >= 0.3 is 6.03 Å². The Kier molecular flexibility index (Phi) is 4.95. The molecule has 0 aliphatic carbocycles. The average molecular weight is 264 g/mol. The predicted molar refractivity (Wildman–Crippen MR) is 78.4 cm³/mol. The zero-order valence-corrected chi connectivity index (χ0v) is 12.4. The zero-order chi connectivity index (χ0) is 14.6. The molecule has 1 aromatic rings. The molecule has 4 nitrogen and oxygen atoms in total. The second-order valence-electron chi connectivity index (χ2n) is 5.98. The van der Waals surface area contributed by atoms with E-state index in [0.717, 1.165) is 16.8 Å². The van der Waals surface area contributed by atoms with Crippen LogP contribution in [0.15, 0.2) is 18.2 Å². The van der Waals surface area contributed by atoms with Crippen LogP contribution < -0.4 is 10.6 Å². The van der Waals surface area contributed by atoms with Crippen molar-refractivity contribution < 1.29 is 9.90 Å². The molecule has 4 heteroatoms. The van der Waals surface area contributed by atoms with Crippen molar-refractivity contribution in [1.82, 2.24) is 5.32 Å². The van der Waals surface area contributed by atoms with Gasteiger partial charge < -0.3 is 15.7 Å². The molecule has 1 unspecified atom stereocenters. The summed E-state index contributed by atoms with van der Waals surface area (Å²) in [5, 5.41) is 15.4. The molecule has 1 rings (SSSR count). The number of amides is 2. The number of para-hydroxylation sites is 1. The van der Waals surface area contributed by atoms with E-state index in [2.05, 4.69) is 10.6 Å². The molecule has 0 aliphatic rings. The van der Waals surface area contributed by atoms with Crippen molar-refractivity contribution in [2.24, 2.45) is 5.41 Å². The van der Waals surface area contributed by atoms with E-state index >= 15 is 0 Å². The van der Waals surface area contributed by atoms with Crippen LogP contribution in [-0.4, -0.2) is 23.8 Å². The molecule has 3 N–H and O–H groups in total. The highest BCUT2D eigenvalue weighted by Crippen LogP contribution is 2.20. The first kappa shape index (κ1) is 15.5. The Morgan fingerprint density at radius 1 is 1.26 bits per heavy atom. The van der Waals surface area contributed by atoms with Gasteiger partial charge in [0.25, 0.3) is 0 Å². The van der Waals surface area contributed by atoms with E-state index in [1.54, 1.807) is 0 Å². The Labute approximate surface area is 115 Å². The van der Waals surface area contributed by atoms with Crippen LogP contribution >= 0.6 is 0 Å². The number of aliphatic hydroxyl groups excluding tert-OH is 1. The Balaban J connectivity index is 2.57. The Bertz CT molecular complexity index is 430. The maximum Gasteiger partial charge on any atom is 0.319 e. The average Bonchev–Trinajstić information content (AvgIpc) is 2.29. The van der Waals surface area contributed by atoms with Crippen LogP contribution in [0.3, 0.4) is 0 Å². The molecule has 19 heavy (non-hydrogen) atoms. The van der Waals surface area contributed by atoms with Gasteiger partial charge in [-0.1, -0.05) is 39.0 Å². The van der Waals surface area contributed by atoms with Crippen molar-refractivity contribution in [1.29, 1.82) is 0 Å². The minimum absolute atomic E-state index is 0.236. The van der Waals surface area contributed by atoms with Gasteiger partial charge in [0, 0.05) is 12.2 Å². The molecule has 0 aliphatic heterocycles. The monoisotopic (exact) mass is 264 g/mol. The van der Waals surface area contributed by atoms with Crippen molar-refractivity contribution in [2.45, 2.75) is 40.7 Å². The summed E-state index contributed by atoms with van der Waals surface area (Å²) >= 11 is 0. The fourth-order valence-electron chi connectivity index (χ4n) is 1.66. The lowest BCUT2D eigenvalue weighted by Crippen LogP contribution is -2.41. The first-order chi connectivity index (χ1) is 8.71. The number of benzene rings is 1. The number of carbonyl (C=O) groups excluding carboxylic acids is 1. The van der Waals surface area contributed by atoms with Crippen molar-refractivity contribution in [2.75, 3.05) is 11.9 Å². The number of nitrogens with one attached hydrogen (secondary N) is 2. The lowest BCUT2D eigenvalue weighted by atomic mass is 9.89. The van der Waals surface area contributed by atoms with Crippen LogP contribution in [0.25, 0.3) is 0 Å². The number of hydrogen-bond donors (Lipinski definition) is 3. The van der Waals surface area contributed by atoms with Gasteiger partial charge in [-0.3, -0.25) is 0 Å². The van der Waals surface area contributed by atoms with E-state index in [4.69, 9.17) is 0 Å². The highest BCUT2D eigenvalue weighted by molar-refractivity contribution is 5.90. The van der Waals surface area contributed by atoms with Gasteiger partial charge in [0.2, 0.25) is 0 Å². The van der Waals surface area contributed by atoms with Crippen molar-refractivity contribution in [3.63, 3.8) is 0 Å². The minimum atomic E-state index is -0.573. The summed E-state index contributed by atoms with van der Waals surface area (Å²) in [5.41, 5.74) is 2.62. The third-order valence-electron chi connectivity index (χ3n) is 3.18. The summed E-state index contributed by atoms with van der Waals surface area (Å²) in [6, 6.07) is 5.57. The number of rotatable bonds is 3. The highest BCUT2D eigenvalue weighted by Gasteiger charge is 2.22. The Morgan fingerprint density at radius 3 is 2.26 bits per heavy atom. The molecule has 0 radical (unpaired) electrons. The van der Waals surface area contributed by atoms with E-state index in [0.29, 0.717) is 0 Å². The van der Waals surface area contributed by atoms with E-state index in [1.165, 1.54) is 0 Å². The van der Waals surface area contributed by atoms with Gasteiger partial charge in [0.05, 0.1) is 6.10 Å².